The Balaban J connectivity index is 2.50. The van der Waals surface area contributed by atoms with E-state index in [1.807, 2.05) is 6.20 Å². The molecule has 2 aromatic heterocycles. The molecular formula is C11H13IN4S. The summed E-state index contributed by atoms with van der Waals surface area (Å²) < 4.78 is 1.11. The van der Waals surface area contributed by atoms with Gasteiger partial charge in [-0.2, -0.15) is 0 Å². The number of hydrogen-bond donors (Lipinski definition) is 1. The van der Waals surface area contributed by atoms with Crippen molar-refractivity contribution < 1.29 is 0 Å². The van der Waals surface area contributed by atoms with Gasteiger partial charge >= 0.3 is 0 Å². The molecule has 0 aliphatic rings. The van der Waals surface area contributed by atoms with Crippen molar-refractivity contribution in [3.8, 4) is 10.7 Å². The molecule has 6 heteroatoms. The van der Waals surface area contributed by atoms with Crippen molar-refractivity contribution in [3.63, 3.8) is 0 Å². The van der Waals surface area contributed by atoms with Crippen LogP contribution in [0.1, 0.15) is 19.5 Å². The molecule has 90 valence electrons. The Hall–Kier alpha value is -0.760. The highest BCUT2D eigenvalue weighted by atomic mass is 127. The maximum absolute atomic E-state index is 4.59. The molecule has 0 saturated heterocycles. The van der Waals surface area contributed by atoms with Gasteiger partial charge in [0.15, 0.2) is 5.82 Å². The van der Waals surface area contributed by atoms with E-state index in [-0.39, 0.29) is 0 Å². The normalized spacial score (nSPS) is 10.5. The molecule has 0 aliphatic carbocycles. The van der Waals surface area contributed by atoms with Crippen LogP contribution >= 0.6 is 33.9 Å². The van der Waals surface area contributed by atoms with Crippen LogP contribution in [0.3, 0.4) is 0 Å². The van der Waals surface area contributed by atoms with Gasteiger partial charge < -0.3 is 5.32 Å². The van der Waals surface area contributed by atoms with Crippen molar-refractivity contribution in [2.75, 3.05) is 11.9 Å². The van der Waals surface area contributed by atoms with Gasteiger partial charge in [-0.3, -0.25) is 4.98 Å². The summed E-state index contributed by atoms with van der Waals surface area (Å²) in [7, 11) is 0. The Labute approximate surface area is 118 Å². The number of thiazole rings is 1. The third kappa shape index (κ3) is 2.74. The predicted molar refractivity (Wildman–Crippen MR) is 79.4 cm³/mol. The lowest BCUT2D eigenvalue weighted by Gasteiger charge is -2.10. The minimum absolute atomic E-state index is 0.765. The van der Waals surface area contributed by atoms with Gasteiger partial charge in [0.2, 0.25) is 0 Å². The van der Waals surface area contributed by atoms with Gasteiger partial charge in [-0.1, -0.05) is 6.92 Å². The molecule has 0 spiro atoms. The average molecular weight is 360 g/mol. The third-order valence-electron chi connectivity index (χ3n) is 2.25. The molecule has 17 heavy (non-hydrogen) atoms. The van der Waals surface area contributed by atoms with E-state index in [9.17, 15) is 0 Å². The van der Waals surface area contributed by atoms with Crippen LogP contribution in [-0.4, -0.2) is 21.5 Å². The largest absolute Gasteiger partial charge is 0.369 e. The summed E-state index contributed by atoms with van der Waals surface area (Å²) in [6.45, 7) is 5.03. The van der Waals surface area contributed by atoms with Gasteiger partial charge in [0.05, 0.1) is 19.7 Å². The second-order valence-electron chi connectivity index (χ2n) is 3.41. The second-order valence-corrected chi connectivity index (χ2v) is 5.37. The number of aryl methyl sites for hydroxylation is 1. The summed E-state index contributed by atoms with van der Waals surface area (Å²) in [5.74, 6) is 1.68. The highest BCUT2D eigenvalue weighted by Gasteiger charge is 2.12. The van der Waals surface area contributed by atoms with Crippen molar-refractivity contribution >= 4 is 39.7 Å². The number of hydrogen-bond acceptors (Lipinski definition) is 5. The monoisotopic (exact) mass is 360 g/mol. The molecule has 0 unspecified atom stereocenters. The van der Waals surface area contributed by atoms with Crippen LogP contribution in [0.2, 0.25) is 0 Å². The molecule has 0 atom stereocenters. The van der Waals surface area contributed by atoms with E-state index >= 15 is 0 Å². The van der Waals surface area contributed by atoms with E-state index in [0.29, 0.717) is 0 Å². The van der Waals surface area contributed by atoms with Crippen LogP contribution in [0.5, 0.6) is 0 Å². The van der Waals surface area contributed by atoms with Crippen molar-refractivity contribution in [2.24, 2.45) is 0 Å². The van der Waals surface area contributed by atoms with E-state index < -0.39 is 0 Å². The van der Waals surface area contributed by atoms with E-state index in [2.05, 4.69) is 56.7 Å². The summed E-state index contributed by atoms with van der Waals surface area (Å²) in [4.78, 5) is 14.2. The molecule has 4 nitrogen and oxygen atoms in total. The lowest BCUT2D eigenvalue weighted by molar-refractivity contribution is 0.984. The molecule has 0 fully saturated rings. The van der Waals surface area contributed by atoms with Gasteiger partial charge in [-0.15, -0.1) is 11.3 Å². The molecule has 1 N–H and O–H groups in total. The lowest BCUT2D eigenvalue weighted by Crippen LogP contribution is -2.07. The van der Waals surface area contributed by atoms with Gasteiger partial charge in [0.25, 0.3) is 0 Å². The van der Waals surface area contributed by atoms with Crippen molar-refractivity contribution in [1.82, 2.24) is 15.0 Å². The molecule has 2 heterocycles. The number of nitrogens with zero attached hydrogens (tertiary/aromatic N) is 3. The highest BCUT2D eigenvalue weighted by Crippen LogP contribution is 2.26. The van der Waals surface area contributed by atoms with Crippen LogP contribution in [-0.2, 0) is 6.42 Å². The number of halogens is 1. The van der Waals surface area contributed by atoms with Crippen molar-refractivity contribution in [1.29, 1.82) is 0 Å². The van der Waals surface area contributed by atoms with E-state index in [0.717, 1.165) is 38.7 Å². The highest BCUT2D eigenvalue weighted by molar-refractivity contribution is 14.1. The number of anilines is 1. The van der Waals surface area contributed by atoms with E-state index in [1.165, 1.54) is 0 Å². The Morgan fingerprint density at radius 3 is 2.76 bits per heavy atom. The van der Waals surface area contributed by atoms with E-state index in [1.54, 1.807) is 16.8 Å². The molecule has 2 rings (SSSR count). The molecule has 0 aromatic carbocycles. The molecule has 0 radical (unpaired) electrons. The third-order valence-corrected chi connectivity index (χ3v) is 4.15. The van der Waals surface area contributed by atoms with Crippen LogP contribution < -0.4 is 5.32 Å². The Kier molecular flexibility index (Phi) is 4.27. The second kappa shape index (κ2) is 5.72. The summed E-state index contributed by atoms with van der Waals surface area (Å²) in [6.07, 6.45) is 2.72. The molecule has 0 aliphatic heterocycles. The zero-order valence-electron chi connectivity index (χ0n) is 9.70. The first-order valence-electron chi connectivity index (χ1n) is 5.45. The van der Waals surface area contributed by atoms with Gasteiger partial charge in [-0.05, 0) is 35.9 Å². The maximum Gasteiger partial charge on any atom is 0.173 e. The van der Waals surface area contributed by atoms with Gasteiger partial charge in [-0.25, -0.2) is 9.97 Å². The Morgan fingerprint density at radius 2 is 2.18 bits per heavy atom. The maximum atomic E-state index is 4.59. The molecule has 0 bridgehead atoms. The summed E-state index contributed by atoms with van der Waals surface area (Å²) >= 11 is 3.86. The SMILES string of the molecule is CCNc1nc(-c2cncs2)nc(CC)c1I. The minimum atomic E-state index is 0.765. The Morgan fingerprint density at radius 1 is 1.35 bits per heavy atom. The van der Waals surface area contributed by atoms with Crippen LogP contribution in [0.4, 0.5) is 5.82 Å². The van der Waals surface area contributed by atoms with E-state index in [4.69, 9.17) is 0 Å². The average Bonchev–Trinajstić information content (AvgIpc) is 2.85. The van der Waals surface area contributed by atoms with Gasteiger partial charge in [0.1, 0.15) is 5.82 Å². The Bertz CT molecular complexity index is 498. The molecular weight excluding hydrogens is 347 g/mol. The fourth-order valence-corrected chi connectivity index (χ4v) is 2.82. The number of nitrogens with one attached hydrogen (secondary N) is 1. The minimum Gasteiger partial charge on any atom is -0.369 e. The van der Waals surface area contributed by atoms with Crippen molar-refractivity contribution in [2.45, 2.75) is 20.3 Å². The molecule has 2 aromatic rings. The summed E-state index contributed by atoms with van der Waals surface area (Å²) in [6, 6.07) is 0. The van der Waals surface area contributed by atoms with Crippen LogP contribution in [0, 0.1) is 3.57 Å². The first-order chi connectivity index (χ1) is 8.26. The zero-order chi connectivity index (χ0) is 12.3. The zero-order valence-corrected chi connectivity index (χ0v) is 12.7. The van der Waals surface area contributed by atoms with Crippen LogP contribution in [0.15, 0.2) is 11.7 Å². The fourth-order valence-electron chi connectivity index (χ4n) is 1.45. The standard InChI is InChI=1S/C11H13IN4S/c1-3-7-9(12)11(14-4-2)16-10(15-7)8-5-13-6-17-8/h5-6H,3-4H2,1-2H3,(H,14,15,16). The summed E-state index contributed by atoms with van der Waals surface area (Å²) in [5.41, 5.74) is 2.88. The number of aromatic nitrogens is 3. The smallest absolute Gasteiger partial charge is 0.173 e. The first-order valence-corrected chi connectivity index (χ1v) is 7.41. The fraction of sp³-hybridized carbons (Fsp3) is 0.364. The lowest BCUT2D eigenvalue weighted by atomic mass is 10.3. The topological polar surface area (TPSA) is 50.7 Å². The van der Waals surface area contributed by atoms with Crippen LogP contribution in [0.25, 0.3) is 10.7 Å². The molecule has 0 saturated carbocycles. The predicted octanol–water partition coefficient (Wildman–Crippen LogP) is 3.20. The van der Waals surface area contributed by atoms with Crippen molar-refractivity contribution in [3.05, 3.63) is 21.0 Å². The molecule has 0 amide bonds. The quantitative estimate of drug-likeness (QED) is 0.851. The summed E-state index contributed by atoms with van der Waals surface area (Å²) in [5, 5.41) is 3.28. The van der Waals surface area contributed by atoms with Gasteiger partial charge in [0, 0.05) is 12.7 Å². The first kappa shape index (κ1) is 12.7. The number of rotatable bonds is 4.